The number of carbonyl (C=O) groups is 1. The number of hydrogen-bond acceptors (Lipinski definition) is 2. The summed E-state index contributed by atoms with van der Waals surface area (Å²) in [7, 11) is 0. The molecule has 0 radical (unpaired) electrons. The summed E-state index contributed by atoms with van der Waals surface area (Å²) in [6, 6.07) is 0. The van der Waals surface area contributed by atoms with E-state index >= 15 is 0 Å². The summed E-state index contributed by atoms with van der Waals surface area (Å²) < 4.78 is 5.88. The molecule has 0 aromatic heterocycles. The Bertz CT molecular complexity index is 253. The molecule has 1 saturated carbocycles. The van der Waals surface area contributed by atoms with Crippen LogP contribution in [0.4, 0.5) is 0 Å². The molecule has 0 bridgehead atoms. The Kier molecular flexibility index (Phi) is 3.68. The van der Waals surface area contributed by atoms with Gasteiger partial charge in [-0.25, -0.2) is 0 Å². The Labute approximate surface area is 98.7 Å². The van der Waals surface area contributed by atoms with E-state index in [4.69, 9.17) is 4.74 Å². The largest absolute Gasteiger partial charge is 0.375 e. The van der Waals surface area contributed by atoms with Gasteiger partial charge < -0.3 is 4.74 Å². The first-order chi connectivity index (χ1) is 7.60. The van der Waals surface area contributed by atoms with Gasteiger partial charge in [0.15, 0.2) is 0 Å². The van der Waals surface area contributed by atoms with Crippen molar-refractivity contribution >= 4 is 5.78 Å². The van der Waals surface area contributed by atoms with Crippen LogP contribution in [0.3, 0.4) is 0 Å². The molecular weight excluding hydrogens is 200 g/mol. The van der Waals surface area contributed by atoms with Gasteiger partial charge in [0.05, 0.1) is 5.60 Å². The van der Waals surface area contributed by atoms with Crippen molar-refractivity contribution in [1.82, 2.24) is 0 Å². The second-order valence-electron chi connectivity index (χ2n) is 6.08. The monoisotopic (exact) mass is 224 g/mol. The third-order valence-electron chi connectivity index (χ3n) is 4.01. The van der Waals surface area contributed by atoms with Gasteiger partial charge >= 0.3 is 0 Å². The fourth-order valence-electron chi connectivity index (χ4n) is 3.08. The Morgan fingerprint density at radius 1 is 1.44 bits per heavy atom. The first-order valence-electron chi connectivity index (χ1n) is 6.75. The van der Waals surface area contributed by atoms with Gasteiger partial charge in [0.1, 0.15) is 5.78 Å². The smallest absolute Gasteiger partial charge is 0.133 e. The molecule has 1 saturated heterocycles. The van der Waals surface area contributed by atoms with Crippen LogP contribution in [0.25, 0.3) is 0 Å². The molecule has 2 rings (SSSR count). The molecule has 2 nitrogen and oxygen atoms in total. The molecule has 2 fully saturated rings. The molecule has 0 aromatic carbocycles. The van der Waals surface area contributed by atoms with E-state index < -0.39 is 0 Å². The van der Waals surface area contributed by atoms with Crippen molar-refractivity contribution in [2.75, 3.05) is 6.61 Å². The predicted molar refractivity (Wildman–Crippen MR) is 64.3 cm³/mol. The fourth-order valence-corrected chi connectivity index (χ4v) is 3.08. The van der Waals surface area contributed by atoms with E-state index in [-0.39, 0.29) is 5.60 Å². The molecule has 1 spiro atoms. The van der Waals surface area contributed by atoms with Crippen LogP contribution in [0.5, 0.6) is 0 Å². The van der Waals surface area contributed by atoms with Gasteiger partial charge in [-0.3, -0.25) is 4.79 Å². The van der Waals surface area contributed by atoms with Crippen LogP contribution in [-0.2, 0) is 9.53 Å². The van der Waals surface area contributed by atoms with Gasteiger partial charge in [0, 0.05) is 19.4 Å². The summed E-state index contributed by atoms with van der Waals surface area (Å²) in [5, 5.41) is 0. The average Bonchev–Trinajstić information content (AvgIpc) is 2.14. The summed E-state index contributed by atoms with van der Waals surface area (Å²) in [6.07, 6.45) is 7.53. The van der Waals surface area contributed by atoms with E-state index in [2.05, 4.69) is 13.8 Å². The highest BCUT2D eigenvalue weighted by Crippen LogP contribution is 2.45. The molecule has 0 amide bonds. The van der Waals surface area contributed by atoms with Crippen molar-refractivity contribution in [1.29, 1.82) is 0 Å². The number of Topliss-reactive ketones (excluding diaryl/α,β-unsaturated/α-hetero) is 1. The molecular formula is C14H24O2. The zero-order valence-electron chi connectivity index (χ0n) is 10.6. The lowest BCUT2D eigenvalue weighted by Gasteiger charge is -2.47. The van der Waals surface area contributed by atoms with Crippen LogP contribution in [0.15, 0.2) is 0 Å². The van der Waals surface area contributed by atoms with Crippen LogP contribution >= 0.6 is 0 Å². The zero-order chi connectivity index (χ0) is 11.6. The lowest BCUT2D eigenvalue weighted by molar-refractivity contribution is -0.147. The Morgan fingerprint density at radius 3 is 2.75 bits per heavy atom. The molecule has 1 heterocycles. The number of hydrogen-bond donors (Lipinski definition) is 0. The maximum atomic E-state index is 11.8. The summed E-state index contributed by atoms with van der Waals surface area (Å²) in [4.78, 5) is 11.8. The van der Waals surface area contributed by atoms with E-state index in [1.807, 2.05) is 0 Å². The van der Waals surface area contributed by atoms with Crippen molar-refractivity contribution in [2.45, 2.75) is 64.4 Å². The predicted octanol–water partition coefficient (Wildman–Crippen LogP) is 3.34. The lowest BCUT2D eigenvalue weighted by atomic mass is 9.71. The summed E-state index contributed by atoms with van der Waals surface area (Å²) in [5.74, 6) is 1.56. The third-order valence-corrected chi connectivity index (χ3v) is 4.01. The molecule has 2 aliphatic rings. The van der Waals surface area contributed by atoms with E-state index in [9.17, 15) is 4.79 Å². The van der Waals surface area contributed by atoms with E-state index in [1.165, 1.54) is 19.3 Å². The van der Waals surface area contributed by atoms with Gasteiger partial charge in [-0.15, -0.1) is 0 Å². The van der Waals surface area contributed by atoms with Crippen LogP contribution in [0, 0.1) is 11.8 Å². The number of ether oxygens (including phenoxy) is 1. The minimum atomic E-state index is 0.195. The van der Waals surface area contributed by atoms with Crippen molar-refractivity contribution in [3.05, 3.63) is 0 Å². The lowest BCUT2D eigenvalue weighted by Crippen LogP contribution is -2.45. The van der Waals surface area contributed by atoms with Crippen LogP contribution in [0.1, 0.15) is 58.8 Å². The van der Waals surface area contributed by atoms with E-state index in [0.717, 1.165) is 32.3 Å². The maximum Gasteiger partial charge on any atom is 0.133 e. The number of rotatable bonds is 4. The Hall–Kier alpha value is -0.370. The fraction of sp³-hybridized carbons (Fsp3) is 0.929. The first kappa shape index (κ1) is 12.1. The normalized spacial score (nSPS) is 28.1. The van der Waals surface area contributed by atoms with Gasteiger partial charge in [-0.05, 0) is 43.9 Å². The minimum absolute atomic E-state index is 0.195. The number of ketones is 1. The minimum Gasteiger partial charge on any atom is -0.375 e. The van der Waals surface area contributed by atoms with Crippen molar-refractivity contribution in [3.63, 3.8) is 0 Å². The van der Waals surface area contributed by atoms with Crippen LogP contribution < -0.4 is 0 Å². The summed E-state index contributed by atoms with van der Waals surface area (Å²) in [5.41, 5.74) is 0.195. The van der Waals surface area contributed by atoms with E-state index in [0.29, 0.717) is 17.6 Å². The zero-order valence-corrected chi connectivity index (χ0v) is 10.6. The molecule has 1 atom stereocenters. The molecule has 0 aromatic rings. The van der Waals surface area contributed by atoms with Gasteiger partial charge in [0.25, 0.3) is 0 Å². The molecule has 1 aliphatic carbocycles. The van der Waals surface area contributed by atoms with Crippen LogP contribution in [-0.4, -0.2) is 18.0 Å². The molecule has 92 valence electrons. The van der Waals surface area contributed by atoms with Crippen molar-refractivity contribution in [2.24, 2.45) is 11.8 Å². The quantitative estimate of drug-likeness (QED) is 0.732. The molecule has 0 N–H and O–H groups in total. The number of carbonyl (C=O) groups excluding carboxylic acids is 1. The third kappa shape index (κ3) is 2.85. The highest BCUT2D eigenvalue weighted by molar-refractivity contribution is 5.78. The molecule has 16 heavy (non-hydrogen) atoms. The summed E-state index contributed by atoms with van der Waals surface area (Å²) >= 11 is 0. The highest BCUT2D eigenvalue weighted by atomic mass is 16.5. The van der Waals surface area contributed by atoms with E-state index in [1.54, 1.807) is 0 Å². The maximum absolute atomic E-state index is 11.8. The molecule has 1 aliphatic heterocycles. The standard InChI is InChI=1S/C14H24O2/c1-11(2)8-13(15)9-12-4-7-16-14(10-12)5-3-6-14/h11-12H,3-10H2,1-2H3. The van der Waals surface area contributed by atoms with Crippen molar-refractivity contribution in [3.8, 4) is 0 Å². The van der Waals surface area contributed by atoms with Gasteiger partial charge in [0.2, 0.25) is 0 Å². The summed E-state index contributed by atoms with van der Waals surface area (Å²) in [6.45, 7) is 5.12. The van der Waals surface area contributed by atoms with Gasteiger partial charge in [-0.1, -0.05) is 13.8 Å². The SMILES string of the molecule is CC(C)CC(=O)CC1CCOC2(CCC2)C1. The second-order valence-corrected chi connectivity index (χ2v) is 6.08. The molecule has 1 unspecified atom stereocenters. The Balaban J connectivity index is 1.79. The highest BCUT2D eigenvalue weighted by Gasteiger charge is 2.42. The average molecular weight is 224 g/mol. The second kappa shape index (κ2) is 4.87. The molecule has 2 heteroatoms. The van der Waals surface area contributed by atoms with Gasteiger partial charge in [-0.2, -0.15) is 0 Å². The van der Waals surface area contributed by atoms with Crippen LogP contribution in [0.2, 0.25) is 0 Å². The first-order valence-corrected chi connectivity index (χ1v) is 6.75. The Morgan fingerprint density at radius 2 is 2.19 bits per heavy atom. The van der Waals surface area contributed by atoms with Crippen molar-refractivity contribution < 1.29 is 9.53 Å². The topological polar surface area (TPSA) is 26.3 Å².